The summed E-state index contributed by atoms with van der Waals surface area (Å²) in [7, 11) is 0. The van der Waals surface area contributed by atoms with Crippen molar-refractivity contribution >= 4 is 0 Å². The van der Waals surface area contributed by atoms with Crippen LogP contribution in [-0.2, 0) is 0 Å². The van der Waals surface area contributed by atoms with Crippen LogP contribution < -0.4 is 0 Å². The Balaban J connectivity index is 4.75. The van der Waals surface area contributed by atoms with Gasteiger partial charge in [-0.2, -0.15) is 0 Å². The molecule has 0 rings (SSSR count). The Morgan fingerprint density at radius 2 is 1.26 bits per heavy atom. The van der Waals surface area contributed by atoms with Crippen LogP contribution >= 0.6 is 0 Å². The lowest BCUT2D eigenvalue weighted by molar-refractivity contribution is 1.40. The number of rotatable bonds is 9. The zero-order chi connectivity index (χ0) is 14.2. The van der Waals surface area contributed by atoms with E-state index in [9.17, 15) is 0 Å². The summed E-state index contributed by atoms with van der Waals surface area (Å²) in [6.07, 6.45) is 28.1. The lowest BCUT2D eigenvalue weighted by Crippen LogP contribution is -1.70. The van der Waals surface area contributed by atoms with Gasteiger partial charge in [0.25, 0.3) is 0 Å². The van der Waals surface area contributed by atoms with Crippen molar-refractivity contribution in [1.29, 1.82) is 0 Å². The van der Waals surface area contributed by atoms with Crippen LogP contribution in [0.1, 0.15) is 6.42 Å². The van der Waals surface area contributed by atoms with E-state index < -0.39 is 0 Å². The highest BCUT2D eigenvalue weighted by Gasteiger charge is 1.81. The van der Waals surface area contributed by atoms with Gasteiger partial charge in [-0.1, -0.05) is 98.2 Å². The Morgan fingerprint density at radius 1 is 0.684 bits per heavy atom. The second-order valence-electron chi connectivity index (χ2n) is 3.58. The van der Waals surface area contributed by atoms with Gasteiger partial charge in [0.05, 0.1) is 0 Å². The molecule has 0 fully saturated rings. The summed E-state index contributed by atoms with van der Waals surface area (Å²) in [6.45, 7) is 10.9. The molecule has 0 aliphatic heterocycles. The molecular formula is C19H22. The third kappa shape index (κ3) is 11.9. The van der Waals surface area contributed by atoms with Crippen molar-refractivity contribution in [1.82, 2.24) is 0 Å². The molecule has 0 saturated carbocycles. The van der Waals surface area contributed by atoms with Gasteiger partial charge in [0.15, 0.2) is 0 Å². The van der Waals surface area contributed by atoms with E-state index >= 15 is 0 Å². The summed E-state index contributed by atoms with van der Waals surface area (Å²) < 4.78 is 0. The first-order chi connectivity index (χ1) is 9.35. The van der Waals surface area contributed by atoms with Gasteiger partial charge < -0.3 is 0 Å². The smallest absolute Gasteiger partial charge is 0.0169 e. The Labute approximate surface area is 117 Å². The fourth-order valence-corrected chi connectivity index (χ4v) is 1.14. The Hall–Kier alpha value is -2.34. The first-order valence-corrected chi connectivity index (χ1v) is 6.24. The SMILES string of the molecule is C=C/C=C/C=C/C(=C/C=C/CC=C)/C=C/C=C/C=C. The maximum Gasteiger partial charge on any atom is -0.0169 e. The Kier molecular flexibility index (Phi) is 12.0. The molecule has 0 atom stereocenters. The lowest BCUT2D eigenvalue weighted by Gasteiger charge is -1.90. The Bertz CT molecular complexity index is 405. The average molecular weight is 250 g/mol. The highest BCUT2D eigenvalue weighted by Crippen LogP contribution is 2.02. The van der Waals surface area contributed by atoms with Crippen LogP contribution in [0.5, 0.6) is 0 Å². The predicted molar refractivity (Wildman–Crippen MR) is 89.0 cm³/mol. The highest BCUT2D eigenvalue weighted by atomic mass is 13.9. The van der Waals surface area contributed by atoms with Crippen molar-refractivity contribution in [2.45, 2.75) is 6.42 Å². The molecular weight excluding hydrogens is 228 g/mol. The molecule has 0 unspecified atom stereocenters. The van der Waals surface area contributed by atoms with Crippen molar-refractivity contribution in [2.24, 2.45) is 0 Å². The first kappa shape index (κ1) is 16.7. The van der Waals surface area contributed by atoms with Gasteiger partial charge in [-0.3, -0.25) is 0 Å². The molecule has 0 radical (unpaired) electrons. The molecule has 0 saturated heterocycles. The van der Waals surface area contributed by atoms with Crippen molar-refractivity contribution in [3.05, 3.63) is 110 Å². The first-order valence-electron chi connectivity index (χ1n) is 6.24. The summed E-state index contributed by atoms with van der Waals surface area (Å²) in [5, 5.41) is 0. The van der Waals surface area contributed by atoms with E-state index in [0.29, 0.717) is 0 Å². The van der Waals surface area contributed by atoms with E-state index in [1.165, 1.54) is 0 Å². The number of allylic oxidation sites excluding steroid dienone is 15. The zero-order valence-corrected chi connectivity index (χ0v) is 11.4. The van der Waals surface area contributed by atoms with Crippen LogP contribution in [0.2, 0.25) is 0 Å². The molecule has 0 heterocycles. The molecule has 0 aromatic rings. The third-order valence-electron chi connectivity index (χ3n) is 2.02. The maximum atomic E-state index is 3.68. The standard InChI is InChI=1S/C19H22/c1-4-7-10-13-16-19(17-14-11-8-5-2)18-15-12-9-6-3/h4-8,10-18H,1-3,9H2/b10-7+,11-8+,15-12+,16-13+,17-14+. The van der Waals surface area contributed by atoms with Crippen LogP contribution in [-0.4, -0.2) is 0 Å². The van der Waals surface area contributed by atoms with Gasteiger partial charge in [0.1, 0.15) is 0 Å². The van der Waals surface area contributed by atoms with Crippen molar-refractivity contribution in [3.8, 4) is 0 Å². The highest BCUT2D eigenvalue weighted by molar-refractivity contribution is 5.37. The van der Waals surface area contributed by atoms with E-state index in [4.69, 9.17) is 0 Å². The maximum absolute atomic E-state index is 3.68. The predicted octanol–water partition coefficient (Wildman–Crippen LogP) is 5.64. The normalized spacial score (nSPS) is 12.0. The van der Waals surface area contributed by atoms with E-state index in [1.54, 1.807) is 12.2 Å². The van der Waals surface area contributed by atoms with Gasteiger partial charge in [-0.05, 0) is 12.0 Å². The molecule has 0 bridgehead atoms. The van der Waals surface area contributed by atoms with E-state index in [-0.39, 0.29) is 0 Å². The number of hydrogen-bond acceptors (Lipinski definition) is 0. The summed E-state index contributed by atoms with van der Waals surface area (Å²) >= 11 is 0. The summed E-state index contributed by atoms with van der Waals surface area (Å²) in [5.41, 5.74) is 1.11. The Morgan fingerprint density at radius 3 is 1.74 bits per heavy atom. The van der Waals surface area contributed by atoms with Gasteiger partial charge in [0, 0.05) is 0 Å². The molecule has 19 heavy (non-hydrogen) atoms. The minimum atomic E-state index is 0.879. The van der Waals surface area contributed by atoms with Gasteiger partial charge in [-0.25, -0.2) is 0 Å². The van der Waals surface area contributed by atoms with Crippen molar-refractivity contribution in [3.63, 3.8) is 0 Å². The monoisotopic (exact) mass is 250 g/mol. The topological polar surface area (TPSA) is 0 Å². The molecule has 98 valence electrons. The van der Waals surface area contributed by atoms with Gasteiger partial charge in [0.2, 0.25) is 0 Å². The van der Waals surface area contributed by atoms with Crippen LogP contribution in [0.25, 0.3) is 0 Å². The fraction of sp³-hybridized carbons (Fsp3) is 0.0526. The second kappa shape index (κ2) is 13.7. The molecule has 0 N–H and O–H groups in total. The molecule has 0 aliphatic carbocycles. The molecule has 0 aromatic heterocycles. The van der Waals surface area contributed by atoms with E-state index in [0.717, 1.165) is 12.0 Å². The molecule has 0 amide bonds. The van der Waals surface area contributed by atoms with Crippen LogP contribution in [0.15, 0.2) is 110 Å². The van der Waals surface area contributed by atoms with Gasteiger partial charge in [-0.15, -0.1) is 6.58 Å². The fourth-order valence-electron chi connectivity index (χ4n) is 1.14. The van der Waals surface area contributed by atoms with Gasteiger partial charge >= 0.3 is 0 Å². The van der Waals surface area contributed by atoms with E-state index in [1.807, 2.05) is 60.8 Å². The summed E-state index contributed by atoms with van der Waals surface area (Å²) in [4.78, 5) is 0. The minimum Gasteiger partial charge on any atom is -0.103 e. The number of hydrogen-bond donors (Lipinski definition) is 0. The molecule has 0 aliphatic rings. The molecule has 0 aromatic carbocycles. The minimum absolute atomic E-state index is 0.879. The largest absolute Gasteiger partial charge is 0.103 e. The van der Waals surface area contributed by atoms with Crippen molar-refractivity contribution in [2.75, 3.05) is 0 Å². The van der Waals surface area contributed by atoms with Crippen LogP contribution in [0, 0.1) is 0 Å². The molecule has 0 heteroatoms. The quantitative estimate of drug-likeness (QED) is 0.367. The lowest BCUT2D eigenvalue weighted by atomic mass is 10.2. The van der Waals surface area contributed by atoms with Crippen molar-refractivity contribution < 1.29 is 0 Å². The van der Waals surface area contributed by atoms with E-state index in [2.05, 4.69) is 31.9 Å². The van der Waals surface area contributed by atoms with Crippen LogP contribution in [0.3, 0.4) is 0 Å². The zero-order valence-electron chi connectivity index (χ0n) is 11.4. The summed E-state index contributed by atoms with van der Waals surface area (Å²) in [6, 6.07) is 0. The molecule has 0 spiro atoms. The third-order valence-corrected chi connectivity index (χ3v) is 2.02. The molecule has 0 nitrogen and oxygen atoms in total. The average Bonchev–Trinajstić information content (AvgIpc) is 2.43. The second-order valence-corrected chi connectivity index (χ2v) is 3.58. The van der Waals surface area contributed by atoms with Crippen LogP contribution in [0.4, 0.5) is 0 Å². The summed E-state index contributed by atoms with van der Waals surface area (Å²) in [5.74, 6) is 0.